The molecule has 1 aromatic carbocycles. The molecule has 0 saturated carbocycles. The zero-order valence-corrected chi connectivity index (χ0v) is 14.8. The Morgan fingerprint density at radius 1 is 1.29 bits per heavy atom. The van der Waals surface area contributed by atoms with Crippen LogP contribution in [0.2, 0.25) is 5.02 Å². The number of benzene rings is 1. The molecule has 1 aromatic rings. The standard InChI is InChI=1S/C17H20ClNO5/c1-5-22-15(21)17(11-6-8-12(18)9-7-11)13(19-10-23-17)14(20)24-16(2,3)4/h6-10,13H,5H2,1-4H3/t13-,17-/m1/s1. The molecule has 7 heteroatoms. The molecule has 0 spiro atoms. The molecule has 0 unspecified atom stereocenters. The minimum Gasteiger partial charge on any atom is -0.463 e. The van der Waals surface area contributed by atoms with E-state index in [0.717, 1.165) is 6.40 Å². The Morgan fingerprint density at radius 3 is 2.46 bits per heavy atom. The van der Waals surface area contributed by atoms with Crippen LogP contribution in [0, 0.1) is 0 Å². The zero-order chi connectivity index (χ0) is 18.0. The third-order valence-electron chi connectivity index (χ3n) is 3.32. The number of hydrogen-bond donors (Lipinski definition) is 0. The lowest BCUT2D eigenvalue weighted by Crippen LogP contribution is -2.51. The third kappa shape index (κ3) is 3.53. The smallest absolute Gasteiger partial charge is 0.358 e. The second-order valence-corrected chi connectivity index (χ2v) is 6.71. The van der Waals surface area contributed by atoms with Gasteiger partial charge in [-0.15, -0.1) is 0 Å². The first-order chi connectivity index (χ1) is 11.2. The molecule has 24 heavy (non-hydrogen) atoms. The van der Waals surface area contributed by atoms with Crippen molar-refractivity contribution in [2.45, 2.75) is 44.9 Å². The summed E-state index contributed by atoms with van der Waals surface area (Å²) in [5.41, 5.74) is -2.03. The molecule has 0 fully saturated rings. The average Bonchev–Trinajstić information content (AvgIpc) is 2.92. The lowest BCUT2D eigenvalue weighted by atomic mass is 9.86. The van der Waals surface area contributed by atoms with E-state index in [1.165, 1.54) is 0 Å². The molecule has 0 N–H and O–H groups in total. The minimum atomic E-state index is -1.72. The van der Waals surface area contributed by atoms with E-state index >= 15 is 0 Å². The lowest BCUT2D eigenvalue weighted by molar-refractivity contribution is -0.175. The summed E-state index contributed by atoms with van der Waals surface area (Å²) >= 11 is 5.91. The van der Waals surface area contributed by atoms with Gasteiger partial charge in [0.15, 0.2) is 6.40 Å². The number of esters is 2. The highest BCUT2D eigenvalue weighted by molar-refractivity contribution is 6.30. The number of hydrogen-bond acceptors (Lipinski definition) is 6. The first-order valence-corrected chi connectivity index (χ1v) is 7.94. The van der Waals surface area contributed by atoms with Crippen LogP contribution >= 0.6 is 11.6 Å². The second-order valence-electron chi connectivity index (χ2n) is 6.27. The Morgan fingerprint density at radius 2 is 1.92 bits per heavy atom. The number of halogens is 1. The van der Waals surface area contributed by atoms with Crippen molar-refractivity contribution in [3.8, 4) is 0 Å². The maximum absolute atomic E-state index is 12.7. The Hall–Kier alpha value is -2.08. The molecule has 2 atom stereocenters. The molecule has 0 bridgehead atoms. The van der Waals surface area contributed by atoms with Gasteiger partial charge in [-0.1, -0.05) is 23.7 Å². The van der Waals surface area contributed by atoms with Gasteiger partial charge >= 0.3 is 11.9 Å². The van der Waals surface area contributed by atoms with Crippen LogP contribution in [0.15, 0.2) is 29.3 Å². The zero-order valence-electron chi connectivity index (χ0n) is 14.0. The summed E-state index contributed by atoms with van der Waals surface area (Å²) in [4.78, 5) is 29.3. The van der Waals surface area contributed by atoms with Crippen molar-refractivity contribution in [3.63, 3.8) is 0 Å². The van der Waals surface area contributed by atoms with Crippen molar-refractivity contribution in [2.24, 2.45) is 4.99 Å². The first-order valence-electron chi connectivity index (χ1n) is 7.56. The summed E-state index contributed by atoms with van der Waals surface area (Å²) in [6.07, 6.45) is 1.08. The van der Waals surface area contributed by atoms with Crippen molar-refractivity contribution < 1.29 is 23.8 Å². The van der Waals surface area contributed by atoms with Gasteiger partial charge in [-0.3, -0.25) is 0 Å². The van der Waals surface area contributed by atoms with Crippen LogP contribution in [-0.2, 0) is 29.4 Å². The Kier molecular flexibility index (Phi) is 5.18. The van der Waals surface area contributed by atoms with E-state index in [9.17, 15) is 9.59 Å². The van der Waals surface area contributed by atoms with Crippen LogP contribution in [-0.4, -0.2) is 36.6 Å². The molecule has 2 rings (SSSR count). The summed E-state index contributed by atoms with van der Waals surface area (Å²) in [6.45, 7) is 7.01. The molecule has 130 valence electrons. The summed E-state index contributed by atoms with van der Waals surface area (Å²) in [5.74, 6) is -1.38. The highest BCUT2D eigenvalue weighted by atomic mass is 35.5. The molecule has 1 heterocycles. The SMILES string of the molecule is CCOC(=O)[C@]1(c2ccc(Cl)cc2)OC=N[C@@H]1C(=O)OC(C)(C)C. The van der Waals surface area contributed by atoms with Gasteiger partial charge in [-0.2, -0.15) is 0 Å². The van der Waals surface area contributed by atoms with Crippen LogP contribution < -0.4 is 0 Å². The molecule has 0 aromatic heterocycles. The number of carbonyl (C=O) groups is 2. The van der Waals surface area contributed by atoms with Gasteiger partial charge in [0.1, 0.15) is 5.60 Å². The summed E-state index contributed by atoms with van der Waals surface area (Å²) in [6, 6.07) is 5.21. The van der Waals surface area contributed by atoms with Crippen LogP contribution in [0.5, 0.6) is 0 Å². The topological polar surface area (TPSA) is 74.2 Å². The van der Waals surface area contributed by atoms with Gasteiger partial charge in [0.2, 0.25) is 6.04 Å². The fourth-order valence-corrected chi connectivity index (χ4v) is 2.49. The molecule has 1 aliphatic rings. The highest BCUT2D eigenvalue weighted by Gasteiger charge is 2.58. The Balaban J connectivity index is 2.47. The van der Waals surface area contributed by atoms with Gasteiger partial charge in [-0.05, 0) is 39.8 Å². The fourth-order valence-electron chi connectivity index (χ4n) is 2.37. The number of rotatable bonds is 4. The molecular formula is C17H20ClNO5. The van der Waals surface area contributed by atoms with Crippen molar-refractivity contribution in [1.82, 2.24) is 0 Å². The predicted octanol–water partition coefficient (Wildman–Crippen LogP) is 2.87. The van der Waals surface area contributed by atoms with Crippen molar-refractivity contribution in [3.05, 3.63) is 34.9 Å². The van der Waals surface area contributed by atoms with E-state index in [1.54, 1.807) is 52.0 Å². The molecular weight excluding hydrogens is 334 g/mol. The number of nitrogens with zero attached hydrogens (tertiary/aromatic N) is 1. The van der Waals surface area contributed by atoms with Crippen LogP contribution in [0.25, 0.3) is 0 Å². The third-order valence-corrected chi connectivity index (χ3v) is 3.57. The van der Waals surface area contributed by atoms with Gasteiger partial charge in [0.25, 0.3) is 5.60 Å². The normalized spacial score (nSPS) is 22.8. The largest absolute Gasteiger partial charge is 0.463 e. The molecule has 0 saturated heterocycles. The van der Waals surface area contributed by atoms with Gasteiger partial charge in [0.05, 0.1) is 6.61 Å². The quantitative estimate of drug-likeness (QED) is 0.778. The van der Waals surface area contributed by atoms with Crippen LogP contribution in [0.4, 0.5) is 0 Å². The number of carbonyl (C=O) groups excluding carboxylic acids is 2. The van der Waals surface area contributed by atoms with E-state index in [-0.39, 0.29) is 6.61 Å². The van der Waals surface area contributed by atoms with Gasteiger partial charge in [0, 0.05) is 10.6 Å². The van der Waals surface area contributed by atoms with Gasteiger partial charge in [-0.25, -0.2) is 14.6 Å². The van der Waals surface area contributed by atoms with Crippen molar-refractivity contribution in [1.29, 1.82) is 0 Å². The molecule has 0 aliphatic carbocycles. The molecule has 6 nitrogen and oxygen atoms in total. The minimum absolute atomic E-state index is 0.137. The Bertz CT molecular complexity index is 650. The lowest BCUT2D eigenvalue weighted by Gasteiger charge is -2.31. The van der Waals surface area contributed by atoms with Crippen molar-refractivity contribution >= 4 is 29.9 Å². The maximum atomic E-state index is 12.7. The van der Waals surface area contributed by atoms with Crippen LogP contribution in [0.3, 0.4) is 0 Å². The van der Waals surface area contributed by atoms with E-state index in [1.807, 2.05) is 0 Å². The summed E-state index contributed by atoms with van der Waals surface area (Å²) in [7, 11) is 0. The van der Waals surface area contributed by atoms with E-state index < -0.39 is 29.2 Å². The molecule has 0 amide bonds. The summed E-state index contributed by atoms with van der Waals surface area (Å²) in [5, 5.41) is 0.491. The highest BCUT2D eigenvalue weighted by Crippen LogP contribution is 2.38. The predicted molar refractivity (Wildman–Crippen MR) is 89.0 cm³/mol. The van der Waals surface area contributed by atoms with E-state index in [0.29, 0.717) is 10.6 Å². The fraction of sp³-hybridized carbons (Fsp3) is 0.471. The summed E-state index contributed by atoms with van der Waals surface area (Å²) < 4.78 is 16.0. The average molecular weight is 354 g/mol. The molecule has 0 radical (unpaired) electrons. The van der Waals surface area contributed by atoms with E-state index in [2.05, 4.69) is 4.99 Å². The Labute approximate surface area is 145 Å². The van der Waals surface area contributed by atoms with Gasteiger partial charge < -0.3 is 14.2 Å². The number of ether oxygens (including phenoxy) is 3. The maximum Gasteiger partial charge on any atom is 0.358 e. The monoisotopic (exact) mass is 353 g/mol. The number of aliphatic imine (C=N–C) groups is 1. The van der Waals surface area contributed by atoms with Crippen molar-refractivity contribution in [2.75, 3.05) is 6.61 Å². The first kappa shape index (κ1) is 18.3. The van der Waals surface area contributed by atoms with E-state index in [4.69, 9.17) is 25.8 Å². The molecule has 1 aliphatic heterocycles. The second kappa shape index (κ2) is 6.81. The van der Waals surface area contributed by atoms with Crippen LogP contribution in [0.1, 0.15) is 33.3 Å².